The normalized spacial score (nSPS) is 9.45. The van der Waals surface area contributed by atoms with Crippen LogP contribution in [0.25, 0.3) is 0 Å². The predicted molar refractivity (Wildman–Crippen MR) is 55.5 cm³/mol. The molecule has 0 heterocycles. The Balaban J connectivity index is -0.000000138. The largest absolute Gasteiger partial charge is 0.399 e. The van der Waals surface area contributed by atoms with Gasteiger partial charge in [0.05, 0.1) is 0 Å². The van der Waals surface area contributed by atoms with Gasteiger partial charge in [-0.2, -0.15) is 0 Å². The van der Waals surface area contributed by atoms with E-state index in [0.29, 0.717) is 0 Å². The number of hydrogen-bond donors (Lipinski definition) is 1. The van der Waals surface area contributed by atoms with Crippen LogP contribution in [-0.2, 0) is 0 Å². The van der Waals surface area contributed by atoms with Crippen molar-refractivity contribution < 1.29 is 0 Å². The maximum absolute atomic E-state index is 5.36. The molecule has 0 saturated heterocycles. The molecule has 0 fully saturated rings. The van der Waals surface area contributed by atoms with E-state index in [9.17, 15) is 0 Å². The highest BCUT2D eigenvalue weighted by molar-refractivity contribution is 5.12. The summed E-state index contributed by atoms with van der Waals surface area (Å²) < 4.78 is 0. The Morgan fingerprint density at radius 1 is 1.00 bits per heavy atom. The molecule has 1 nitrogen and oxygen atoms in total. The van der Waals surface area contributed by atoms with Crippen molar-refractivity contribution in [2.24, 2.45) is 5.73 Å². The van der Waals surface area contributed by atoms with Crippen molar-refractivity contribution in [1.29, 1.82) is 0 Å². The van der Waals surface area contributed by atoms with Gasteiger partial charge in [0.1, 0.15) is 0 Å². The maximum atomic E-state index is 5.36. The van der Waals surface area contributed by atoms with Gasteiger partial charge in [0, 0.05) is 5.70 Å². The van der Waals surface area contributed by atoms with Gasteiger partial charge in [-0.3, -0.25) is 0 Å². The zero-order valence-electron chi connectivity index (χ0n) is 8.81. The van der Waals surface area contributed by atoms with E-state index in [1.54, 1.807) is 0 Å². The summed E-state index contributed by atoms with van der Waals surface area (Å²) in [5.74, 6) is 0. The molecule has 0 aromatic carbocycles. The van der Waals surface area contributed by atoms with Gasteiger partial charge in [-0.25, -0.2) is 0 Å². The molecule has 1 heteroatoms. The monoisotopic (exact) mass is 157 g/mol. The van der Waals surface area contributed by atoms with Crippen molar-refractivity contribution in [3.05, 3.63) is 23.9 Å². The first-order valence-corrected chi connectivity index (χ1v) is 4.35. The Bertz CT molecular complexity index is 91.0. The molecule has 0 aromatic heterocycles. The second kappa shape index (κ2) is 22.8. The zero-order valence-corrected chi connectivity index (χ0v) is 8.81. The molecular weight excluding hydrogens is 134 g/mol. The van der Waals surface area contributed by atoms with Gasteiger partial charge in [-0.05, 0) is 19.9 Å². The number of rotatable bonds is 1. The predicted octanol–water partition coefficient (Wildman–Crippen LogP) is 3.48. The van der Waals surface area contributed by atoms with Crippen molar-refractivity contribution in [1.82, 2.24) is 0 Å². The standard InChI is InChI=1S/C6H11N.2C2H6/c1-3-5-6(7)4-2;2*1-2/h3-5H,7H2,1-2H3;2*1-2H3/b5-3-,6-4+;;. The zero-order chi connectivity index (χ0) is 9.70. The molecule has 0 aliphatic heterocycles. The van der Waals surface area contributed by atoms with Crippen LogP contribution in [0.3, 0.4) is 0 Å². The summed E-state index contributed by atoms with van der Waals surface area (Å²) in [7, 11) is 0. The molecule has 0 unspecified atom stereocenters. The van der Waals surface area contributed by atoms with E-state index in [4.69, 9.17) is 5.73 Å². The van der Waals surface area contributed by atoms with Crippen LogP contribution < -0.4 is 5.73 Å². The lowest BCUT2D eigenvalue weighted by molar-refractivity contribution is 1.39. The first-order valence-electron chi connectivity index (χ1n) is 4.35. The Hall–Kier alpha value is -0.720. The van der Waals surface area contributed by atoms with Crippen LogP contribution >= 0.6 is 0 Å². The van der Waals surface area contributed by atoms with Crippen LogP contribution in [0.4, 0.5) is 0 Å². The smallest absolute Gasteiger partial charge is 0.0267 e. The summed E-state index contributed by atoms with van der Waals surface area (Å²) in [5, 5.41) is 0. The summed E-state index contributed by atoms with van der Waals surface area (Å²) in [6, 6.07) is 0. The van der Waals surface area contributed by atoms with Crippen molar-refractivity contribution >= 4 is 0 Å². The Morgan fingerprint density at radius 2 is 1.36 bits per heavy atom. The highest BCUT2D eigenvalue weighted by Gasteiger charge is 1.69. The molecule has 2 N–H and O–H groups in total. The van der Waals surface area contributed by atoms with Crippen LogP contribution in [0, 0.1) is 0 Å². The van der Waals surface area contributed by atoms with Gasteiger partial charge in [0.15, 0.2) is 0 Å². The van der Waals surface area contributed by atoms with Crippen LogP contribution in [0.5, 0.6) is 0 Å². The molecule has 0 amide bonds. The molecule has 0 spiro atoms. The van der Waals surface area contributed by atoms with E-state index in [0.717, 1.165) is 5.70 Å². The minimum atomic E-state index is 0.822. The summed E-state index contributed by atoms with van der Waals surface area (Å²) in [5.41, 5.74) is 6.18. The van der Waals surface area contributed by atoms with E-state index in [1.165, 1.54) is 0 Å². The summed E-state index contributed by atoms with van der Waals surface area (Å²) >= 11 is 0. The number of hydrogen-bond acceptors (Lipinski definition) is 1. The maximum Gasteiger partial charge on any atom is 0.0267 e. The molecule has 0 aliphatic rings. The van der Waals surface area contributed by atoms with E-state index >= 15 is 0 Å². The molecule has 0 atom stereocenters. The van der Waals surface area contributed by atoms with Crippen LogP contribution in [-0.4, -0.2) is 0 Å². The number of allylic oxidation sites excluding steroid dienone is 3. The average Bonchev–Trinajstić information content (AvgIpc) is 2.12. The molecule has 68 valence electrons. The molecule has 11 heavy (non-hydrogen) atoms. The SMILES string of the molecule is C/C=C\C(N)=C/C.CC.CC. The fourth-order valence-electron chi connectivity index (χ4n) is 0.289. The highest BCUT2D eigenvalue weighted by atomic mass is 14.5. The van der Waals surface area contributed by atoms with Crippen molar-refractivity contribution in [2.45, 2.75) is 41.5 Å². The van der Waals surface area contributed by atoms with Gasteiger partial charge < -0.3 is 5.73 Å². The summed E-state index contributed by atoms with van der Waals surface area (Å²) in [4.78, 5) is 0. The van der Waals surface area contributed by atoms with E-state index < -0.39 is 0 Å². The molecule has 0 radical (unpaired) electrons. The fourth-order valence-corrected chi connectivity index (χ4v) is 0.289. The average molecular weight is 157 g/mol. The first-order chi connectivity index (χ1) is 5.31. The lowest BCUT2D eigenvalue weighted by atomic mass is 10.4. The Labute approximate surface area is 72.0 Å². The minimum Gasteiger partial charge on any atom is -0.399 e. The highest BCUT2D eigenvalue weighted by Crippen LogP contribution is 1.82. The van der Waals surface area contributed by atoms with Gasteiger partial charge in [-0.1, -0.05) is 39.8 Å². The van der Waals surface area contributed by atoms with Crippen LogP contribution in [0.1, 0.15) is 41.5 Å². The molecule has 0 rings (SSSR count). The molecular formula is C10H23N. The van der Waals surface area contributed by atoms with Gasteiger partial charge in [-0.15, -0.1) is 0 Å². The quantitative estimate of drug-likeness (QED) is 0.579. The van der Waals surface area contributed by atoms with Crippen LogP contribution in [0.15, 0.2) is 23.9 Å². The minimum absolute atomic E-state index is 0.822. The van der Waals surface area contributed by atoms with Crippen molar-refractivity contribution in [2.75, 3.05) is 0 Å². The van der Waals surface area contributed by atoms with E-state index in [2.05, 4.69) is 0 Å². The number of nitrogens with two attached hydrogens (primary N) is 1. The second-order valence-electron chi connectivity index (χ2n) is 1.29. The molecule has 0 bridgehead atoms. The first kappa shape index (κ1) is 16.7. The third-order valence-electron chi connectivity index (χ3n) is 0.692. The Morgan fingerprint density at radius 3 is 1.45 bits per heavy atom. The lowest BCUT2D eigenvalue weighted by Crippen LogP contribution is -1.89. The van der Waals surface area contributed by atoms with Crippen LogP contribution in [0.2, 0.25) is 0 Å². The van der Waals surface area contributed by atoms with E-state index in [1.807, 2.05) is 59.8 Å². The second-order valence-corrected chi connectivity index (χ2v) is 1.29. The van der Waals surface area contributed by atoms with Crippen molar-refractivity contribution in [3.63, 3.8) is 0 Å². The van der Waals surface area contributed by atoms with Gasteiger partial charge in [0.2, 0.25) is 0 Å². The molecule has 0 aliphatic carbocycles. The van der Waals surface area contributed by atoms with E-state index in [-0.39, 0.29) is 0 Å². The third kappa shape index (κ3) is 26.8. The Kier molecular flexibility index (Phi) is 34.7. The fraction of sp³-hybridized carbons (Fsp3) is 0.600. The summed E-state index contributed by atoms with van der Waals surface area (Å²) in [6.45, 7) is 11.9. The third-order valence-corrected chi connectivity index (χ3v) is 0.692. The molecule has 0 aromatic rings. The summed E-state index contributed by atoms with van der Waals surface area (Å²) in [6.07, 6.45) is 5.63. The lowest BCUT2D eigenvalue weighted by Gasteiger charge is -1.83. The molecule has 0 saturated carbocycles. The van der Waals surface area contributed by atoms with Crippen molar-refractivity contribution in [3.8, 4) is 0 Å². The topological polar surface area (TPSA) is 26.0 Å². The van der Waals surface area contributed by atoms with Gasteiger partial charge >= 0.3 is 0 Å². The van der Waals surface area contributed by atoms with Gasteiger partial charge in [0.25, 0.3) is 0 Å².